The third-order valence-electron chi connectivity index (χ3n) is 2.60. The van der Waals surface area contributed by atoms with Crippen molar-refractivity contribution in [1.29, 1.82) is 0 Å². The number of hydrogen-bond donors (Lipinski definition) is 0. The first-order valence-corrected chi connectivity index (χ1v) is 6.89. The Morgan fingerprint density at radius 2 is 1.90 bits per heavy atom. The van der Waals surface area contributed by atoms with E-state index in [2.05, 4.69) is 36.3 Å². The molecule has 0 spiro atoms. The van der Waals surface area contributed by atoms with Crippen LogP contribution < -0.4 is 0 Å². The highest BCUT2D eigenvalue weighted by Gasteiger charge is 2.38. The highest BCUT2D eigenvalue weighted by atomic mass is 79.9. The Kier molecular flexibility index (Phi) is 2.87. The third kappa shape index (κ3) is 1.92. The van der Waals surface area contributed by atoms with Gasteiger partial charge in [-0.3, -0.25) is 4.68 Å². The van der Waals surface area contributed by atoms with Crippen LogP contribution in [0.5, 0.6) is 0 Å². The third-order valence-corrected chi connectivity index (χ3v) is 4.45. The summed E-state index contributed by atoms with van der Waals surface area (Å²) in [6.07, 6.45) is -4.59. The lowest BCUT2D eigenvalue weighted by Gasteiger charge is -2.00. The van der Waals surface area contributed by atoms with Gasteiger partial charge in [-0.05, 0) is 22.9 Å². The fraction of sp³-hybridized carbons (Fsp3) is 0.333. The molecule has 0 radical (unpaired) electrons. The smallest absolute Gasteiger partial charge is 0.264 e. The molecule has 0 aliphatic heterocycles. The molecule has 0 aliphatic rings. The first-order chi connectivity index (χ1) is 9.29. The topological polar surface area (TPSA) is 60.9 Å². The van der Waals surface area contributed by atoms with Crippen LogP contribution in [0.25, 0.3) is 15.7 Å². The maximum absolute atomic E-state index is 12.7. The molecule has 0 saturated carbocycles. The predicted octanol–water partition coefficient (Wildman–Crippen LogP) is 2.68. The molecule has 20 heavy (non-hydrogen) atoms. The van der Waals surface area contributed by atoms with Gasteiger partial charge in [0.25, 0.3) is 5.82 Å². The molecule has 3 rings (SSSR count). The van der Waals surface area contributed by atoms with Gasteiger partial charge < -0.3 is 0 Å². The molecule has 3 heterocycles. The number of alkyl halides is 3. The quantitative estimate of drug-likeness (QED) is 0.664. The second-order valence-electron chi connectivity index (χ2n) is 3.99. The minimum Gasteiger partial charge on any atom is -0.264 e. The van der Waals surface area contributed by atoms with E-state index in [9.17, 15) is 13.2 Å². The molecule has 0 N–H and O–H groups in total. The van der Waals surface area contributed by atoms with Crippen LogP contribution in [0.2, 0.25) is 0 Å². The van der Waals surface area contributed by atoms with Crippen LogP contribution in [0, 0.1) is 6.92 Å². The fourth-order valence-corrected chi connectivity index (χ4v) is 3.33. The number of aromatic nitrogens is 6. The fourth-order valence-electron chi connectivity index (χ4n) is 1.75. The zero-order valence-corrected chi connectivity index (χ0v) is 12.5. The number of hydrogen-bond acceptors (Lipinski definition) is 5. The van der Waals surface area contributed by atoms with Crippen molar-refractivity contribution in [2.45, 2.75) is 13.1 Å². The van der Waals surface area contributed by atoms with Gasteiger partial charge in [0.2, 0.25) is 4.96 Å². The molecule has 3 aromatic heterocycles. The van der Waals surface area contributed by atoms with E-state index in [1.165, 1.54) is 0 Å². The van der Waals surface area contributed by atoms with Gasteiger partial charge in [0.05, 0.1) is 10.2 Å². The van der Waals surface area contributed by atoms with Crippen molar-refractivity contribution in [2.75, 3.05) is 0 Å². The van der Waals surface area contributed by atoms with Crippen LogP contribution in [-0.2, 0) is 13.2 Å². The Hall–Kier alpha value is -1.49. The molecular weight excluding hydrogens is 361 g/mol. The summed E-state index contributed by atoms with van der Waals surface area (Å²) in [5.74, 6) is -1.13. The van der Waals surface area contributed by atoms with Gasteiger partial charge in [0, 0.05) is 7.05 Å². The predicted molar refractivity (Wildman–Crippen MR) is 68.3 cm³/mol. The van der Waals surface area contributed by atoms with Gasteiger partial charge in [-0.25, -0.2) is 0 Å². The Morgan fingerprint density at radius 1 is 1.20 bits per heavy atom. The van der Waals surface area contributed by atoms with Crippen molar-refractivity contribution in [3.8, 4) is 10.7 Å². The maximum atomic E-state index is 12.7. The molecule has 6 nitrogen and oxygen atoms in total. The summed E-state index contributed by atoms with van der Waals surface area (Å²) in [5, 5.41) is 15.1. The number of aryl methyl sites for hydroxylation is 2. The van der Waals surface area contributed by atoms with E-state index in [-0.39, 0.29) is 4.96 Å². The van der Waals surface area contributed by atoms with Gasteiger partial charge in [-0.1, -0.05) is 11.3 Å². The van der Waals surface area contributed by atoms with Crippen LogP contribution in [0.1, 0.15) is 11.5 Å². The van der Waals surface area contributed by atoms with Crippen molar-refractivity contribution in [1.82, 2.24) is 29.6 Å². The summed E-state index contributed by atoms with van der Waals surface area (Å²) in [7, 11) is 1.69. The average molecular weight is 367 g/mol. The zero-order chi connectivity index (χ0) is 14.7. The second-order valence-corrected chi connectivity index (χ2v) is 5.74. The normalized spacial score (nSPS) is 12.5. The van der Waals surface area contributed by atoms with E-state index in [0.29, 0.717) is 19.7 Å². The lowest BCUT2D eigenvalue weighted by Crippen LogP contribution is -2.11. The number of nitrogens with zero attached hydrogens (tertiary/aromatic N) is 6. The molecule has 0 bridgehead atoms. The molecular formula is C9H6BrF3N6S. The molecule has 0 aromatic carbocycles. The van der Waals surface area contributed by atoms with E-state index >= 15 is 0 Å². The van der Waals surface area contributed by atoms with Gasteiger partial charge in [0.1, 0.15) is 5.69 Å². The monoisotopic (exact) mass is 366 g/mol. The summed E-state index contributed by atoms with van der Waals surface area (Å²) < 4.78 is 41.2. The van der Waals surface area contributed by atoms with Gasteiger partial charge >= 0.3 is 6.18 Å². The van der Waals surface area contributed by atoms with Crippen molar-refractivity contribution >= 4 is 32.2 Å². The molecule has 0 atom stereocenters. The average Bonchev–Trinajstić information content (AvgIpc) is 2.91. The summed E-state index contributed by atoms with van der Waals surface area (Å²) in [6.45, 7) is 1.79. The van der Waals surface area contributed by atoms with Crippen LogP contribution in [0.4, 0.5) is 13.2 Å². The maximum Gasteiger partial charge on any atom is 0.453 e. The molecule has 11 heteroatoms. The summed E-state index contributed by atoms with van der Waals surface area (Å²) in [4.78, 5) is 0.0816. The minimum atomic E-state index is -4.59. The summed E-state index contributed by atoms with van der Waals surface area (Å²) in [6, 6.07) is 0. The Balaban J connectivity index is 2.22. The summed E-state index contributed by atoms with van der Waals surface area (Å²) >= 11 is 4.37. The lowest BCUT2D eigenvalue weighted by atomic mass is 10.4. The molecule has 3 aromatic rings. The molecule has 106 valence electrons. The molecule has 0 saturated heterocycles. The Morgan fingerprint density at radius 3 is 2.45 bits per heavy atom. The van der Waals surface area contributed by atoms with Gasteiger partial charge in [-0.15, -0.1) is 10.2 Å². The van der Waals surface area contributed by atoms with E-state index < -0.39 is 12.0 Å². The standard InChI is InChI=1S/C9H6BrF3N6S/c1-3-4(10)5(18(2)16-3)6-17-19-7(9(11,12)13)14-15-8(19)20-6/h1-2H3. The molecule has 0 unspecified atom stereocenters. The number of rotatable bonds is 1. The molecule has 0 amide bonds. The number of fused-ring (bicyclic) bond motifs is 1. The van der Waals surface area contributed by atoms with Crippen molar-refractivity contribution < 1.29 is 13.2 Å². The van der Waals surface area contributed by atoms with E-state index in [4.69, 9.17) is 0 Å². The highest BCUT2D eigenvalue weighted by Crippen LogP contribution is 2.35. The lowest BCUT2D eigenvalue weighted by molar-refractivity contribution is -0.146. The van der Waals surface area contributed by atoms with Crippen LogP contribution in [-0.4, -0.2) is 29.6 Å². The van der Waals surface area contributed by atoms with Crippen molar-refractivity contribution in [3.05, 3.63) is 16.0 Å². The van der Waals surface area contributed by atoms with Crippen LogP contribution in [0.15, 0.2) is 4.47 Å². The van der Waals surface area contributed by atoms with Crippen molar-refractivity contribution in [3.63, 3.8) is 0 Å². The van der Waals surface area contributed by atoms with E-state index in [1.807, 2.05) is 0 Å². The van der Waals surface area contributed by atoms with Crippen LogP contribution in [0.3, 0.4) is 0 Å². The molecule has 0 fully saturated rings. The second kappa shape index (κ2) is 4.25. The van der Waals surface area contributed by atoms with E-state index in [0.717, 1.165) is 17.0 Å². The molecule has 0 aliphatic carbocycles. The first-order valence-electron chi connectivity index (χ1n) is 5.28. The summed E-state index contributed by atoms with van der Waals surface area (Å²) in [5.41, 5.74) is 1.33. The number of halogens is 4. The zero-order valence-electron chi connectivity index (χ0n) is 10.1. The largest absolute Gasteiger partial charge is 0.453 e. The van der Waals surface area contributed by atoms with Gasteiger partial charge in [-0.2, -0.15) is 27.9 Å². The van der Waals surface area contributed by atoms with Gasteiger partial charge in [0.15, 0.2) is 5.01 Å². The Labute approximate surface area is 122 Å². The van der Waals surface area contributed by atoms with E-state index in [1.54, 1.807) is 18.7 Å². The SMILES string of the molecule is Cc1nn(C)c(-c2nn3c(C(F)(F)F)nnc3s2)c1Br. The van der Waals surface area contributed by atoms with Crippen LogP contribution >= 0.6 is 27.3 Å². The minimum absolute atomic E-state index is 0.0816. The Bertz CT molecular complexity index is 801. The first kappa shape index (κ1) is 13.5. The van der Waals surface area contributed by atoms with Crippen molar-refractivity contribution in [2.24, 2.45) is 7.05 Å². The highest BCUT2D eigenvalue weighted by molar-refractivity contribution is 9.10.